The van der Waals surface area contributed by atoms with Crippen LogP contribution in [0.4, 0.5) is 0 Å². The predicted octanol–water partition coefficient (Wildman–Crippen LogP) is 0.255. The van der Waals surface area contributed by atoms with Gasteiger partial charge in [-0.25, -0.2) is 4.79 Å². The molecule has 72 valence electrons. The molecular weight excluding hydrogens is 168 g/mol. The zero-order valence-corrected chi connectivity index (χ0v) is 7.62. The molecule has 0 amide bonds. The molecule has 0 bridgehead atoms. The van der Waals surface area contributed by atoms with Gasteiger partial charge in [0.05, 0.1) is 12.7 Å². The zero-order chi connectivity index (χ0) is 9.84. The van der Waals surface area contributed by atoms with Gasteiger partial charge in [0.1, 0.15) is 0 Å². The lowest BCUT2D eigenvalue weighted by molar-refractivity contribution is -0.135. The van der Waals surface area contributed by atoms with E-state index in [9.17, 15) is 4.79 Å². The fraction of sp³-hybridized carbons (Fsp3) is 0.444. The van der Waals surface area contributed by atoms with Crippen LogP contribution in [0.2, 0.25) is 0 Å². The average molecular weight is 182 g/mol. The molecule has 1 aliphatic carbocycles. The Morgan fingerprint density at radius 1 is 1.54 bits per heavy atom. The number of hydrogen-bond acceptors (Lipinski definition) is 4. The van der Waals surface area contributed by atoms with E-state index in [0.717, 1.165) is 12.8 Å². The first-order valence-corrected chi connectivity index (χ1v) is 4.16. The van der Waals surface area contributed by atoms with Crippen molar-refractivity contribution in [3.63, 3.8) is 0 Å². The number of rotatable bonds is 3. The molecule has 0 radical (unpaired) electrons. The van der Waals surface area contributed by atoms with Crippen molar-refractivity contribution >= 4 is 5.97 Å². The molecule has 0 unspecified atom stereocenters. The lowest BCUT2D eigenvalue weighted by Gasteiger charge is -2.01. The Morgan fingerprint density at radius 3 is 2.54 bits per heavy atom. The average Bonchev–Trinajstić information content (AvgIpc) is 2.95. The normalized spacial score (nSPS) is 18.5. The Bertz CT molecular complexity index is 265. The van der Waals surface area contributed by atoms with Gasteiger partial charge < -0.3 is 16.2 Å². The van der Waals surface area contributed by atoms with Crippen molar-refractivity contribution in [2.45, 2.75) is 12.8 Å². The zero-order valence-electron chi connectivity index (χ0n) is 7.62. The molecule has 1 saturated carbocycles. The van der Waals surface area contributed by atoms with Gasteiger partial charge >= 0.3 is 5.97 Å². The van der Waals surface area contributed by atoms with Crippen molar-refractivity contribution in [3.8, 4) is 0 Å². The highest BCUT2D eigenvalue weighted by molar-refractivity contribution is 5.91. The summed E-state index contributed by atoms with van der Waals surface area (Å²) in [6.07, 6.45) is 4.99. The van der Waals surface area contributed by atoms with E-state index in [-0.39, 0.29) is 0 Å². The molecule has 0 saturated heterocycles. The van der Waals surface area contributed by atoms with Gasteiger partial charge in [-0.3, -0.25) is 0 Å². The van der Waals surface area contributed by atoms with Crippen LogP contribution in [0.15, 0.2) is 23.5 Å². The minimum atomic E-state index is -0.453. The Labute approximate surface area is 77.2 Å². The highest BCUT2D eigenvalue weighted by atomic mass is 16.5. The largest absolute Gasteiger partial charge is 0.465 e. The Kier molecular flexibility index (Phi) is 2.95. The molecule has 13 heavy (non-hydrogen) atoms. The van der Waals surface area contributed by atoms with E-state index in [0.29, 0.717) is 17.2 Å². The van der Waals surface area contributed by atoms with Crippen molar-refractivity contribution < 1.29 is 9.53 Å². The highest BCUT2D eigenvalue weighted by Gasteiger charge is 2.24. The summed E-state index contributed by atoms with van der Waals surface area (Å²) in [4.78, 5) is 11.1. The fourth-order valence-corrected chi connectivity index (χ4v) is 1.01. The summed E-state index contributed by atoms with van der Waals surface area (Å²) in [6, 6.07) is 0. The maximum atomic E-state index is 11.1. The summed E-state index contributed by atoms with van der Waals surface area (Å²) in [5.74, 6) is -0.0225. The van der Waals surface area contributed by atoms with E-state index < -0.39 is 5.97 Å². The third kappa shape index (κ3) is 2.50. The van der Waals surface area contributed by atoms with E-state index in [2.05, 4.69) is 4.74 Å². The smallest absolute Gasteiger partial charge is 0.339 e. The van der Waals surface area contributed by atoms with Crippen LogP contribution in [0.25, 0.3) is 0 Å². The van der Waals surface area contributed by atoms with E-state index in [4.69, 9.17) is 11.5 Å². The quantitative estimate of drug-likeness (QED) is 0.372. The second-order valence-corrected chi connectivity index (χ2v) is 3.03. The number of methoxy groups -OCH3 is 1. The Morgan fingerprint density at radius 2 is 2.15 bits per heavy atom. The van der Waals surface area contributed by atoms with Crippen LogP contribution in [-0.2, 0) is 9.53 Å². The molecule has 4 N–H and O–H groups in total. The molecule has 0 atom stereocenters. The Balaban J connectivity index is 2.67. The van der Waals surface area contributed by atoms with Gasteiger partial charge in [0.2, 0.25) is 0 Å². The lowest BCUT2D eigenvalue weighted by atomic mass is 10.2. The standard InChI is InChI=1S/C9H14N2O2/c1-13-9(12)7(5-10)4-8(11)6-2-3-6/h4-6H,2-3,10-11H2,1H3/b7-5+,8-4-. The summed E-state index contributed by atoms with van der Waals surface area (Å²) in [6.45, 7) is 0. The number of hydrogen-bond donors (Lipinski definition) is 2. The summed E-state index contributed by atoms with van der Waals surface area (Å²) in [5.41, 5.74) is 12.0. The summed E-state index contributed by atoms with van der Waals surface area (Å²) >= 11 is 0. The summed E-state index contributed by atoms with van der Waals surface area (Å²) in [5, 5.41) is 0. The lowest BCUT2D eigenvalue weighted by Crippen LogP contribution is -2.08. The second kappa shape index (κ2) is 3.98. The molecule has 1 fully saturated rings. The summed E-state index contributed by atoms with van der Waals surface area (Å²) in [7, 11) is 1.31. The first-order valence-electron chi connectivity index (χ1n) is 4.16. The van der Waals surface area contributed by atoms with Crippen molar-refractivity contribution in [2.75, 3.05) is 7.11 Å². The molecule has 0 aromatic carbocycles. The monoisotopic (exact) mass is 182 g/mol. The molecule has 0 aliphatic heterocycles. The Hall–Kier alpha value is -1.45. The maximum Gasteiger partial charge on any atom is 0.339 e. The topological polar surface area (TPSA) is 78.3 Å². The molecule has 4 nitrogen and oxygen atoms in total. The van der Waals surface area contributed by atoms with Gasteiger partial charge in [-0.1, -0.05) is 0 Å². The van der Waals surface area contributed by atoms with Crippen LogP contribution in [0.5, 0.6) is 0 Å². The molecular formula is C9H14N2O2. The van der Waals surface area contributed by atoms with Gasteiger partial charge in [-0.2, -0.15) is 0 Å². The first kappa shape index (κ1) is 9.64. The van der Waals surface area contributed by atoms with Crippen molar-refractivity contribution in [2.24, 2.45) is 17.4 Å². The van der Waals surface area contributed by atoms with Crippen molar-refractivity contribution in [1.29, 1.82) is 0 Å². The molecule has 0 spiro atoms. The van der Waals surface area contributed by atoms with Crippen LogP contribution in [0.1, 0.15) is 12.8 Å². The SMILES string of the molecule is COC(=O)C(/C=C(\N)C1CC1)=C/N. The van der Waals surface area contributed by atoms with Gasteiger partial charge in [0, 0.05) is 11.9 Å². The van der Waals surface area contributed by atoms with Crippen molar-refractivity contribution in [3.05, 3.63) is 23.5 Å². The van der Waals surface area contributed by atoms with E-state index >= 15 is 0 Å². The van der Waals surface area contributed by atoms with Crippen LogP contribution in [0.3, 0.4) is 0 Å². The number of ether oxygens (including phenoxy) is 1. The highest BCUT2D eigenvalue weighted by Crippen LogP contribution is 2.34. The molecule has 4 heteroatoms. The minimum absolute atomic E-state index is 0.312. The van der Waals surface area contributed by atoms with E-state index in [1.807, 2.05) is 0 Å². The summed E-state index contributed by atoms with van der Waals surface area (Å²) < 4.78 is 4.52. The fourth-order valence-electron chi connectivity index (χ4n) is 1.01. The molecule has 0 heterocycles. The molecule has 0 aromatic heterocycles. The number of allylic oxidation sites excluding steroid dienone is 1. The van der Waals surface area contributed by atoms with Gasteiger partial charge in [0.15, 0.2) is 0 Å². The predicted molar refractivity (Wildman–Crippen MR) is 49.3 cm³/mol. The second-order valence-electron chi connectivity index (χ2n) is 3.03. The van der Waals surface area contributed by atoms with Gasteiger partial charge in [0.25, 0.3) is 0 Å². The molecule has 0 aromatic rings. The third-order valence-corrected chi connectivity index (χ3v) is 1.97. The van der Waals surface area contributed by atoms with Crippen LogP contribution in [0, 0.1) is 5.92 Å². The van der Waals surface area contributed by atoms with Crippen molar-refractivity contribution in [1.82, 2.24) is 0 Å². The van der Waals surface area contributed by atoms with Crippen LogP contribution < -0.4 is 11.5 Å². The minimum Gasteiger partial charge on any atom is -0.465 e. The van der Waals surface area contributed by atoms with Gasteiger partial charge in [-0.15, -0.1) is 0 Å². The third-order valence-electron chi connectivity index (χ3n) is 1.97. The molecule has 1 aliphatic rings. The molecule has 1 rings (SSSR count). The number of nitrogens with two attached hydrogens (primary N) is 2. The van der Waals surface area contributed by atoms with Crippen LogP contribution >= 0.6 is 0 Å². The van der Waals surface area contributed by atoms with E-state index in [1.165, 1.54) is 13.3 Å². The van der Waals surface area contributed by atoms with Gasteiger partial charge in [-0.05, 0) is 24.8 Å². The number of esters is 1. The number of carbonyl (C=O) groups excluding carboxylic acids is 1. The number of carbonyl (C=O) groups is 1. The maximum absolute atomic E-state index is 11.1. The van der Waals surface area contributed by atoms with Crippen LogP contribution in [-0.4, -0.2) is 13.1 Å². The first-order chi connectivity index (χ1) is 6.19. The van der Waals surface area contributed by atoms with E-state index in [1.54, 1.807) is 6.08 Å².